The van der Waals surface area contributed by atoms with Crippen LogP contribution in [-0.4, -0.2) is 41.3 Å². The second-order valence-electron chi connectivity index (χ2n) is 7.94. The van der Waals surface area contributed by atoms with Crippen molar-refractivity contribution in [2.75, 3.05) is 19.6 Å². The molecule has 2 heterocycles. The molecule has 1 aliphatic rings. The lowest BCUT2D eigenvalue weighted by molar-refractivity contribution is -0.128. The zero-order valence-electron chi connectivity index (χ0n) is 15.4. The van der Waals surface area contributed by atoms with Gasteiger partial charge in [-0.3, -0.25) is 9.59 Å². The molecule has 2 N–H and O–H groups in total. The van der Waals surface area contributed by atoms with Crippen LogP contribution >= 0.6 is 12.2 Å². The molecule has 140 valence electrons. The SMILES string of the molecule is CC(C)(C)C(=O)NC[C@H]1CCCN(C(=O)c2ccc3[nH]c(=S)oc3c2)C1. The zero-order valence-corrected chi connectivity index (χ0v) is 16.2. The first-order valence-corrected chi connectivity index (χ1v) is 9.35. The molecule has 2 amide bonds. The molecule has 0 saturated carbocycles. The summed E-state index contributed by atoms with van der Waals surface area (Å²) >= 11 is 4.99. The number of likely N-dealkylation sites (tertiary alicyclic amines) is 1. The van der Waals surface area contributed by atoms with Crippen LogP contribution in [0.1, 0.15) is 44.0 Å². The number of nitrogens with zero attached hydrogens (tertiary/aromatic N) is 1. The van der Waals surface area contributed by atoms with Gasteiger partial charge in [0.15, 0.2) is 5.58 Å². The molecule has 1 fully saturated rings. The Bertz CT molecular complexity index is 878. The van der Waals surface area contributed by atoms with E-state index in [1.807, 2.05) is 31.7 Å². The number of carbonyl (C=O) groups excluding carboxylic acids is 2. The van der Waals surface area contributed by atoms with E-state index in [4.69, 9.17) is 16.6 Å². The van der Waals surface area contributed by atoms with Crippen molar-refractivity contribution >= 4 is 35.1 Å². The molecule has 7 heteroatoms. The van der Waals surface area contributed by atoms with Crippen molar-refractivity contribution in [3.05, 3.63) is 28.6 Å². The fourth-order valence-electron chi connectivity index (χ4n) is 3.18. The van der Waals surface area contributed by atoms with E-state index in [2.05, 4.69) is 10.3 Å². The van der Waals surface area contributed by atoms with Crippen molar-refractivity contribution in [1.29, 1.82) is 0 Å². The van der Waals surface area contributed by atoms with Crippen molar-refractivity contribution in [3.8, 4) is 0 Å². The van der Waals surface area contributed by atoms with Crippen LogP contribution in [0, 0.1) is 16.2 Å². The number of amides is 2. The van der Waals surface area contributed by atoms with Crippen LogP contribution in [0.2, 0.25) is 0 Å². The summed E-state index contributed by atoms with van der Waals surface area (Å²) in [6.07, 6.45) is 1.95. The van der Waals surface area contributed by atoms with E-state index < -0.39 is 5.41 Å². The highest BCUT2D eigenvalue weighted by molar-refractivity contribution is 7.71. The van der Waals surface area contributed by atoms with Crippen LogP contribution in [0.5, 0.6) is 0 Å². The maximum absolute atomic E-state index is 12.9. The summed E-state index contributed by atoms with van der Waals surface area (Å²) in [6, 6.07) is 5.33. The largest absolute Gasteiger partial charge is 0.429 e. The van der Waals surface area contributed by atoms with Crippen molar-refractivity contribution in [3.63, 3.8) is 0 Å². The summed E-state index contributed by atoms with van der Waals surface area (Å²) in [4.78, 5) is 30.0. The van der Waals surface area contributed by atoms with Crippen molar-refractivity contribution in [1.82, 2.24) is 15.2 Å². The fraction of sp³-hybridized carbons (Fsp3) is 0.526. The van der Waals surface area contributed by atoms with Crippen molar-refractivity contribution < 1.29 is 14.0 Å². The Balaban J connectivity index is 1.65. The Hall–Kier alpha value is -2.15. The predicted octanol–water partition coefficient (Wildman–Crippen LogP) is 3.50. The van der Waals surface area contributed by atoms with E-state index in [0.29, 0.717) is 29.1 Å². The second kappa shape index (κ2) is 7.23. The van der Waals surface area contributed by atoms with Crippen molar-refractivity contribution in [2.24, 2.45) is 11.3 Å². The number of oxazole rings is 1. The Morgan fingerprint density at radius 3 is 2.88 bits per heavy atom. The quantitative estimate of drug-likeness (QED) is 0.805. The molecule has 0 spiro atoms. The molecule has 6 nitrogen and oxygen atoms in total. The highest BCUT2D eigenvalue weighted by Crippen LogP contribution is 2.21. The molecule has 1 aliphatic heterocycles. The maximum Gasteiger partial charge on any atom is 0.266 e. The number of nitrogens with one attached hydrogen (secondary N) is 2. The summed E-state index contributed by atoms with van der Waals surface area (Å²) in [6.45, 7) is 7.68. The standard InChI is InChI=1S/C19H25N3O3S/c1-19(2,3)17(24)20-10-12-5-4-8-22(11-12)16(23)13-6-7-14-15(9-13)25-18(26)21-14/h6-7,9,12H,4-5,8,10-11H2,1-3H3,(H,20,24)(H,21,26)/t12-/m1/s1. The molecule has 1 atom stereocenters. The molecule has 26 heavy (non-hydrogen) atoms. The minimum absolute atomic E-state index is 0.0129. The van der Waals surface area contributed by atoms with E-state index in [1.54, 1.807) is 12.1 Å². The van der Waals surface area contributed by atoms with Gasteiger partial charge in [-0.1, -0.05) is 20.8 Å². The monoisotopic (exact) mass is 375 g/mol. The van der Waals surface area contributed by atoms with E-state index in [9.17, 15) is 9.59 Å². The van der Waals surface area contributed by atoms with Gasteiger partial charge in [0.25, 0.3) is 10.7 Å². The molecular weight excluding hydrogens is 350 g/mol. The highest BCUT2D eigenvalue weighted by Gasteiger charge is 2.27. The first-order chi connectivity index (χ1) is 12.2. The van der Waals surface area contributed by atoms with E-state index in [1.165, 1.54) is 0 Å². The average Bonchev–Trinajstić information content (AvgIpc) is 2.97. The summed E-state index contributed by atoms with van der Waals surface area (Å²) in [5.41, 5.74) is 1.57. The Kier molecular flexibility index (Phi) is 5.18. The van der Waals surface area contributed by atoms with Gasteiger partial charge in [0.1, 0.15) is 0 Å². The normalized spacial score (nSPS) is 18.1. The number of hydrogen-bond acceptors (Lipinski definition) is 4. The molecule has 0 aliphatic carbocycles. The molecule has 0 radical (unpaired) electrons. The number of aromatic amines is 1. The smallest absolute Gasteiger partial charge is 0.266 e. The van der Waals surface area contributed by atoms with Gasteiger partial charge >= 0.3 is 0 Å². The summed E-state index contributed by atoms with van der Waals surface area (Å²) in [5.74, 6) is 0.306. The van der Waals surface area contributed by atoms with E-state index >= 15 is 0 Å². The Labute approximate surface area is 157 Å². The molecule has 1 saturated heterocycles. The summed E-state index contributed by atoms with van der Waals surface area (Å²) in [5, 5.41) is 3.01. The van der Waals surface area contributed by atoms with Crippen LogP contribution in [-0.2, 0) is 4.79 Å². The molecule has 0 bridgehead atoms. The lowest BCUT2D eigenvalue weighted by Crippen LogP contribution is -2.45. The number of aromatic nitrogens is 1. The number of rotatable bonds is 3. The number of piperidine rings is 1. The van der Waals surface area contributed by atoms with Gasteiger partial charge in [-0.05, 0) is 49.2 Å². The Morgan fingerprint density at radius 2 is 2.15 bits per heavy atom. The average molecular weight is 375 g/mol. The molecule has 1 aromatic heterocycles. The summed E-state index contributed by atoms with van der Waals surface area (Å²) < 4.78 is 5.40. The van der Waals surface area contributed by atoms with Gasteiger partial charge in [0, 0.05) is 30.6 Å². The third-order valence-corrected chi connectivity index (χ3v) is 4.89. The van der Waals surface area contributed by atoms with Gasteiger partial charge in [0.05, 0.1) is 5.52 Å². The number of fused-ring (bicyclic) bond motifs is 1. The topological polar surface area (TPSA) is 78.3 Å². The van der Waals surface area contributed by atoms with Gasteiger partial charge in [-0.15, -0.1) is 0 Å². The number of benzene rings is 1. The first-order valence-electron chi connectivity index (χ1n) is 8.94. The number of H-pyrrole nitrogens is 1. The second-order valence-corrected chi connectivity index (χ2v) is 8.32. The lowest BCUT2D eigenvalue weighted by atomic mass is 9.94. The van der Waals surface area contributed by atoms with E-state index in [0.717, 1.165) is 24.9 Å². The van der Waals surface area contributed by atoms with Crippen LogP contribution in [0.3, 0.4) is 0 Å². The zero-order chi connectivity index (χ0) is 18.9. The maximum atomic E-state index is 12.9. The highest BCUT2D eigenvalue weighted by atomic mass is 32.1. The molecule has 1 aromatic carbocycles. The van der Waals surface area contributed by atoms with Gasteiger partial charge in [0.2, 0.25) is 5.91 Å². The van der Waals surface area contributed by atoms with Crippen LogP contribution in [0.25, 0.3) is 11.1 Å². The minimum Gasteiger partial charge on any atom is -0.429 e. The van der Waals surface area contributed by atoms with E-state index in [-0.39, 0.29) is 17.7 Å². The molecule has 3 rings (SSSR count). The van der Waals surface area contributed by atoms with Crippen molar-refractivity contribution in [2.45, 2.75) is 33.6 Å². The van der Waals surface area contributed by atoms with Crippen LogP contribution in [0.15, 0.2) is 22.6 Å². The van der Waals surface area contributed by atoms with Crippen LogP contribution < -0.4 is 5.32 Å². The van der Waals surface area contributed by atoms with Crippen LogP contribution in [0.4, 0.5) is 0 Å². The first kappa shape index (κ1) is 18.6. The minimum atomic E-state index is -0.400. The third-order valence-electron chi connectivity index (χ3n) is 4.71. The summed E-state index contributed by atoms with van der Waals surface area (Å²) in [7, 11) is 0. The number of hydrogen-bond donors (Lipinski definition) is 2. The van der Waals surface area contributed by atoms with Gasteiger partial charge in [-0.2, -0.15) is 0 Å². The Morgan fingerprint density at radius 1 is 1.38 bits per heavy atom. The molecular formula is C19H25N3O3S. The molecule has 0 unspecified atom stereocenters. The fourth-order valence-corrected chi connectivity index (χ4v) is 3.38. The lowest BCUT2D eigenvalue weighted by Gasteiger charge is -2.33. The van der Waals surface area contributed by atoms with Gasteiger partial charge < -0.3 is 19.6 Å². The van der Waals surface area contributed by atoms with Gasteiger partial charge in [-0.25, -0.2) is 0 Å². The third kappa shape index (κ3) is 4.15. The molecule has 2 aromatic rings. The predicted molar refractivity (Wildman–Crippen MR) is 102 cm³/mol. The number of carbonyl (C=O) groups is 2.